The monoisotopic (exact) mass is 392 g/mol. The number of pyridine rings is 1. The number of aliphatic hydroxyl groups excluding tert-OH is 1. The molecule has 1 unspecified atom stereocenters. The molecule has 3 aromatic rings. The second kappa shape index (κ2) is 7.11. The molecule has 1 spiro atoms. The minimum atomic E-state index is -0.392. The molecule has 0 bridgehead atoms. The highest BCUT2D eigenvalue weighted by Gasteiger charge is 2.42. The summed E-state index contributed by atoms with van der Waals surface area (Å²) in [6.45, 7) is 2.81. The van der Waals surface area contributed by atoms with Gasteiger partial charge in [-0.1, -0.05) is 0 Å². The fourth-order valence-corrected chi connectivity index (χ4v) is 4.76. The molecule has 3 aromatic heterocycles. The highest BCUT2D eigenvalue weighted by atomic mass is 16.3. The first-order chi connectivity index (χ1) is 14.1. The van der Waals surface area contributed by atoms with E-state index in [0.717, 1.165) is 37.3 Å². The number of hydrogen-bond donors (Lipinski definition) is 1. The van der Waals surface area contributed by atoms with Gasteiger partial charge in [-0.25, -0.2) is 9.97 Å². The van der Waals surface area contributed by atoms with E-state index in [1.165, 1.54) is 0 Å². The number of hydrogen-bond acceptors (Lipinski definition) is 6. The van der Waals surface area contributed by atoms with Crippen LogP contribution < -0.4 is 4.90 Å². The van der Waals surface area contributed by atoms with E-state index in [-0.39, 0.29) is 11.3 Å². The van der Waals surface area contributed by atoms with Gasteiger partial charge in [0.15, 0.2) is 0 Å². The van der Waals surface area contributed by atoms with Crippen molar-refractivity contribution in [2.45, 2.75) is 25.4 Å². The Morgan fingerprint density at radius 3 is 2.79 bits per heavy atom. The van der Waals surface area contributed by atoms with Crippen LogP contribution >= 0.6 is 0 Å². The summed E-state index contributed by atoms with van der Waals surface area (Å²) >= 11 is 0. The van der Waals surface area contributed by atoms with Gasteiger partial charge in [0.25, 0.3) is 5.91 Å². The number of aliphatic hydroxyl groups is 1. The number of piperidine rings is 2. The second-order valence-corrected chi connectivity index (χ2v) is 8.20. The Hall–Kier alpha value is -3.00. The van der Waals surface area contributed by atoms with Crippen LogP contribution in [0.4, 0.5) is 5.82 Å². The molecule has 0 aliphatic carbocycles. The molecule has 150 valence electrons. The molecule has 2 aliphatic heterocycles. The number of likely N-dealkylation sites (tertiary alicyclic amines) is 1. The molecular formula is C21H24N6O2. The zero-order chi connectivity index (χ0) is 19.8. The SMILES string of the molecule is O=C(c1ccc2nccn2c1)N1CCC2(CC1)CC(O)CN(c1cnccn1)C2. The molecule has 1 amide bonds. The van der Waals surface area contributed by atoms with Crippen LogP contribution in [0.25, 0.3) is 5.65 Å². The van der Waals surface area contributed by atoms with Crippen molar-refractivity contribution in [3.8, 4) is 0 Å². The lowest BCUT2D eigenvalue weighted by atomic mass is 9.71. The third-order valence-corrected chi connectivity index (χ3v) is 6.25. The lowest BCUT2D eigenvalue weighted by Gasteiger charge is -2.49. The normalized spacial score (nSPS) is 21.6. The van der Waals surface area contributed by atoms with Crippen molar-refractivity contribution < 1.29 is 9.90 Å². The van der Waals surface area contributed by atoms with E-state index in [1.807, 2.05) is 33.8 Å². The Morgan fingerprint density at radius 2 is 2.00 bits per heavy atom. The molecule has 8 heteroatoms. The van der Waals surface area contributed by atoms with E-state index in [4.69, 9.17) is 0 Å². The Bertz CT molecular complexity index is 1010. The maximum absolute atomic E-state index is 13.0. The van der Waals surface area contributed by atoms with Crippen molar-refractivity contribution in [2.24, 2.45) is 5.41 Å². The predicted molar refractivity (Wildman–Crippen MR) is 108 cm³/mol. The van der Waals surface area contributed by atoms with Gasteiger partial charge in [-0.05, 0) is 36.8 Å². The largest absolute Gasteiger partial charge is 0.391 e. The number of fused-ring (bicyclic) bond motifs is 1. The fourth-order valence-electron chi connectivity index (χ4n) is 4.76. The Labute approximate surface area is 168 Å². The quantitative estimate of drug-likeness (QED) is 0.713. The molecule has 0 aromatic carbocycles. The van der Waals surface area contributed by atoms with Gasteiger partial charge in [0.1, 0.15) is 11.5 Å². The molecule has 2 fully saturated rings. The maximum Gasteiger partial charge on any atom is 0.255 e. The predicted octanol–water partition coefficient (Wildman–Crippen LogP) is 1.62. The summed E-state index contributed by atoms with van der Waals surface area (Å²) in [7, 11) is 0. The number of aromatic nitrogens is 4. The smallest absolute Gasteiger partial charge is 0.255 e. The lowest BCUT2D eigenvalue weighted by Crippen LogP contribution is -2.54. The lowest BCUT2D eigenvalue weighted by molar-refractivity contribution is 0.0246. The highest BCUT2D eigenvalue weighted by Crippen LogP contribution is 2.41. The third kappa shape index (κ3) is 3.44. The van der Waals surface area contributed by atoms with Crippen LogP contribution in [0, 0.1) is 5.41 Å². The number of carbonyl (C=O) groups is 1. The first-order valence-electron chi connectivity index (χ1n) is 10.0. The van der Waals surface area contributed by atoms with Gasteiger partial charge in [0.2, 0.25) is 0 Å². The first-order valence-corrected chi connectivity index (χ1v) is 10.0. The van der Waals surface area contributed by atoms with Gasteiger partial charge < -0.3 is 19.3 Å². The molecule has 2 aliphatic rings. The van der Waals surface area contributed by atoms with Gasteiger partial charge in [0, 0.05) is 57.2 Å². The summed E-state index contributed by atoms with van der Waals surface area (Å²) < 4.78 is 1.87. The van der Waals surface area contributed by atoms with E-state index < -0.39 is 6.10 Å². The summed E-state index contributed by atoms with van der Waals surface area (Å²) in [6.07, 6.45) is 12.6. The summed E-state index contributed by atoms with van der Waals surface area (Å²) in [5.41, 5.74) is 1.51. The number of anilines is 1. The minimum absolute atomic E-state index is 0.000269. The Balaban J connectivity index is 1.29. The molecule has 1 atom stereocenters. The summed E-state index contributed by atoms with van der Waals surface area (Å²) in [5, 5.41) is 10.5. The van der Waals surface area contributed by atoms with Crippen molar-refractivity contribution in [3.05, 3.63) is 54.9 Å². The molecule has 5 heterocycles. The average molecular weight is 392 g/mol. The van der Waals surface area contributed by atoms with E-state index in [0.29, 0.717) is 25.2 Å². The summed E-state index contributed by atoms with van der Waals surface area (Å²) in [5.74, 6) is 0.857. The van der Waals surface area contributed by atoms with Gasteiger partial charge in [-0.15, -0.1) is 0 Å². The number of nitrogens with zero attached hydrogens (tertiary/aromatic N) is 6. The van der Waals surface area contributed by atoms with Crippen LogP contribution in [0.5, 0.6) is 0 Å². The van der Waals surface area contributed by atoms with Crippen molar-refractivity contribution in [2.75, 3.05) is 31.1 Å². The van der Waals surface area contributed by atoms with Crippen LogP contribution in [0.3, 0.4) is 0 Å². The molecule has 29 heavy (non-hydrogen) atoms. The van der Waals surface area contributed by atoms with Crippen molar-refractivity contribution in [3.63, 3.8) is 0 Å². The molecule has 0 radical (unpaired) electrons. The second-order valence-electron chi connectivity index (χ2n) is 8.20. The van der Waals surface area contributed by atoms with E-state index in [9.17, 15) is 9.90 Å². The van der Waals surface area contributed by atoms with Crippen LogP contribution in [0.15, 0.2) is 49.3 Å². The Morgan fingerprint density at radius 1 is 1.14 bits per heavy atom. The van der Waals surface area contributed by atoms with Crippen LogP contribution in [0.2, 0.25) is 0 Å². The number of β-amino-alcohol motifs (C(OH)–C–C–N with tert-alkyl or cyclic N) is 1. The van der Waals surface area contributed by atoms with E-state index >= 15 is 0 Å². The minimum Gasteiger partial charge on any atom is -0.391 e. The van der Waals surface area contributed by atoms with Crippen molar-refractivity contribution in [1.29, 1.82) is 0 Å². The molecule has 2 saturated heterocycles. The number of imidazole rings is 1. The fraction of sp³-hybridized carbons (Fsp3) is 0.429. The van der Waals surface area contributed by atoms with E-state index in [2.05, 4.69) is 19.9 Å². The number of carbonyl (C=O) groups excluding carboxylic acids is 1. The topological polar surface area (TPSA) is 86.9 Å². The average Bonchev–Trinajstić information content (AvgIpc) is 3.22. The van der Waals surface area contributed by atoms with Crippen LogP contribution in [-0.4, -0.2) is 67.5 Å². The van der Waals surface area contributed by atoms with E-state index in [1.54, 1.807) is 24.8 Å². The van der Waals surface area contributed by atoms with Crippen LogP contribution in [0.1, 0.15) is 29.6 Å². The molecule has 1 N–H and O–H groups in total. The first kappa shape index (κ1) is 18.1. The zero-order valence-electron chi connectivity index (χ0n) is 16.2. The van der Waals surface area contributed by atoms with Crippen molar-refractivity contribution >= 4 is 17.4 Å². The standard InChI is InChI=1S/C21H24N6O2/c28-17-11-21(15-27(14-17)19-12-22-5-6-23-19)3-8-25(9-4-21)20(29)16-1-2-18-24-7-10-26(18)13-16/h1-2,5-7,10,12-13,17,28H,3-4,8-9,11,14-15H2. The van der Waals surface area contributed by atoms with Gasteiger partial charge in [0.05, 0.1) is 17.9 Å². The number of amides is 1. The van der Waals surface area contributed by atoms with Crippen LogP contribution in [-0.2, 0) is 0 Å². The van der Waals surface area contributed by atoms with Crippen molar-refractivity contribution in [1.82, 2.24) is 24.3 Å². The summed E-state index contributed by atoms with van der Waals surface area (Å²) in [4.78, 5) is 29.8. The molecular weight excluding hydrogens is 368 g/mol. The highest BCUT2D eigenvalue weighted by molar-refractivity contribution is 5.94. The zero-order valence-corrected chi connectivity index (χ0v) is 16.2. The molecule has 5 rings (SSSR count). The Kier molecular flexibility index (Phi) is 4.43. The van der Waals surface area contributed by atoms with Gasteiger partial charge >= 0.3 is 0 Å². The summed E-state index contributed by atoms with van der Waals surface area (Å²) in [6, 6.07) is 3.71. The number of rotatable bonds is 2. The van der Waals surface area contributed by atoms with Gasteiger partial charge in [-0.3, -0.25) is 9.78 Å². The third-order valence-electron chi connectivity index (χ3n) is 6.25. The molecule has 0 saturated carbocycles. The molecule has 8 nitrogen and oxygen atoms in total. The van der Waals surface area contributed by atoms with Gasteiger partial charge in [-0.2, -0.15) is 0 Å². The maximum atomic E-state index is 13.0.